The lowest BCUT2D eigenvalue weighted by molar-refractivity contribution is -0.580. The van der Waals surface area contributed by atoms with E-state index in [-0.39, 0.29) is 17.9 Å². The van der Waals surface area contributed by atoms with E-state index in [1.165, 1.54) is 0 Å². The lowest BCUT2D eigenvalue weighted by Crippen LogP contribution is -2.22. The molecular weight excluding hydrogens is 356 g/mol. The van der Waals surface area contributed by atoms with Crippen LogP contribution >= 0.6 is 0 Å². The molecule has 1 atom stereocenters. The third-order valence-electron chi connectivity index (χ3n) is 4.78. The summed E-state index contributed by atoms with van der Waals surface area (Å²) >= 11 is 0. The SMILES string of the molecule is O=c1oc(-c2ccccc2)nc2cc3c(cc12)[N+](=O)C(c1ccccc1)OC3. The fraction of sp³-hybridized carbons (Fsp3) is 0.0909. The Morgan fingerprint density at radius 1 is 0.964 bits per heavy atom. The van der Waals surface area contributed by atoms with Gasteiger partial charge in [-0.15, -0.1) is 0 Å². The van der Waals surface area contributed by atoms with E-state index in [2.05, 4.69) is 4.98 Å². The van der Waals surface area contributed by atoms with Crippen molar-refractivity contribution in [2.75, 3.05) is 0 Å². The Balaban J connectivity index is 1.62. The van der Waals surface area contributed by atoms with E-state index in [0.717, 1.165) is 10.3 Å². The molecule has 0 saturated carbocycles. The molecule has 1 aliphatic rings. The van der Waals surface area contributed by atoms with Gasteiger partial charge in [0, 0.05) is 16.5 Å². The Morgan fingerprint density at radius 3 is 2.43 bits per heavy atom. The van der Waals surface area contributed by atoms with Gasteiger partial charge < -0.3 is 9.15 Å². The summed E-state index contributed by atoms with van der Waals surface area (Å²) in [5.74, 6) is 0.246. The van der Waals surface area contributed by atoms with Crippen molar-refractivity contribution >= 4 is 16.6 Å². The minimum Gasteiger partial charge on any atom is -0.403 e. The molecule has 4 aromatic rings. The smallest absolute Gasteiger partial charge is 0.347 e. The van der Waals surface area contributed by atoms with Crippen LogP contribution in [0.25, 0.3) is 22.4 Å². The zero-order valence-electron chi connectivity index (χ0n) is 14.7. The topological polar surface area (TPSA) is 72.4 Å². The minimum atomic E-state index is -0.755. The number of nitroso groups, excluding NO2 is 1. The molecule has 6 heteroatoms. The lowest BCUT2D eigenvalue weighted by Gasteiger charge is -2.17. The molecule has 0 N–H and O–H groups in total. The number of hydrogen-bond donors (Lipinski definition) is 0. The van der Waals surface area contributed by atoms with E-state index >= 15 is 0 Å². The summed E-state index contributed by atoms with van der Waals surface area (Å²) in [6, 6.07) is 21.7. The van der Waals surface area contributed by atoms with E-state index in [1.54, 1.807) is 12.1 Å². The molecule has 2 heterocycles. The van der Waals surface area contributed by atoms with Gasteiger partial charge in [-0.3, -0.25) is 0 Å². The Bertz CT molecular complexity index is 1250. The average molecular weight is 371 g/mol. The summed E-state index contributed by atoms with van der Waals surface area (Å²) in [5.41, 5.74) is 2.51. The van der Waals surface area contributed by atoms with Crippen LogP contribution in [0.5, 0.6) is 0 Å². The maximum absolute atomic E-state index is 12.9. The van der Waals surface area contributed by atoms with E-state index in [9.17, 15) is 9.70 Å². The molecule has 1 unspecified atom stereocenters. The predicted molar refractivity (Wildman–Crippen MR) is 103 cm³/mol. The standard InChI is InChI=1S/C22H15N2O4/c25-22-17-12-19-16(13-27-21(24(19)26)15-9-5-2-6-10-15)11-18(17)23-20(28-22)14-7-3-1-4-8-14/h1-12,21H,13H2/q+1. The first-order chi connectivity index (χ1) is 13.7. The van der Waals surface area contributed by atoms with E-state index in [0.29, 0.717) is 22.3 Å². The van der Waals surface area contributed by atoms with Gasteiger partial charge in [-0.05, 0) is 30.3 Å². The molecular formula is C22H15N2O4+. The predicted octanol–water partition coefficient (Wildman–Crippen LogP) is 4.49. The summed E-state index contributed by atoms with van der Waals surface area (Å²) in [5, 5.41) is 0.271. The number of rotatable bonds is 2. The van der Waals surface area contributed by atoms with Crippen LogP contribution < -0.4 is 5.63 Å². The van der Waals surface area contributed by atoms with Gasteiger partial charge in [-0.25, -0.2) is 9.78 Å². The van der Waals surface area contributed by atoms with Crippen LogP contribution in [0.15, 0.2) is 82.0 Å². The van der Waals surface area contributed by atoms with Crippen molar-refractivity contribution in [3.63, 3.8) is 0 Å². The molecule has 6 nitrogen and oxygen atoms in total. The molecule has 136 valence electrons. The summed E-state index contributed by atoms with van der Waals surface area (Å²) in [7, 11) is 0. The van der Waals surface area contributed by atoms with E-state index in [1.807, 2.05) is 60.7 Å². The van der Waals surface area contributed by atoms with Gasteiger partial charge in [0.15, 0.2) is 0 Å². The second-order valence-corrected chi connectivity index (χ2v) is 6.57. The molecule has 1 aromatic heterocycles. The third kappa shape index (κ3) is 2.71. The quantitative estimate of drug-likeness (QED) is 0.485. The maximum atomic E-state index is 12.9. The minimum absolute atomic E-state index is 0.246. The summed E-state index contributed by atoms with van der Waals surface area (Å²) < 4.78 is 12.0. The Labute approximate surface area is 159 Å². The van der Waals surface area contributed by atoms with Crippen molar-refractivity contribution in [1.82, 2.24) is 4.98 Å². The molecule has 1 aliphatic heterocycles. The zero-order chi connectivity index (χ0) is 19.1. The summed E-state index contributed by atoms with van der Waals surface area (Å²) in [6.07, 6.45) is -0.755. The number of benzene rings is 3. The number of ether oxygens (including phenoxy) is 1. The van der Waals surface area contributed by atoms with Gasteiger partial charge in [-0.2, -0.15) is 0 Å². The van der Waals surface area contributed by atoms with Crippen LogP contribution in [0.3, 0.4) is 0 Å². The first kappa shape index (κ1) is 16.5. The summed E-state index contributed by atoms with van der Waals surface area (Å²) in [6.45, 7) is 0.256. The van der Waals surface area contributed by atoms with Crippen LogP contribution in [0.4, 0.5) is 5.69 Å². The van der Waals surface area contributed by atoms with Crippen LogP contribution in [-0.2, 0) is 11.3 Å². The third-order valence-corrected chi connectivity index (χ3v) is 4.78. The van der Waals surface area contributed by atoms with Crippen LogP contribution in [0, 0.1) is 4.91 Å². The number of aromatic nitrogens is 1. The highest BCUT2D eigenvalue weighted by Crippen LogP contribution is 2.36. The Morgan fingerprint density at radius 2 is 1.68 bits per heavy atom. The first-order valence-corrected chi connectivity index (χ1v) is 8.87. The molecule has 0 spiro atoms. The van der Waals surface area contributed by atoms with Crippen molar-refractivity contribution in [3.8, 4) is 11.5 Å². The lowest BCUT2D eigenvalue weighted by atomic mass is 10.1. The van der Waals surface area contributed by atoms with Crippen molar-refractivity contribution in [3.05, 3.63) is 99.3 Å². The molecule has 0 aliphatic carbocycles. The Hall–Kier alpha value is -3.64. The maximum Gasteiger partial charge on any atom is 0.347 e. The fourth-order valence-electron chi connectivity index (χ4n) is 3.39. The molecule has 0 amide bonds. The number of hydrogen-bond acceptors (Lipinski definition) is 5. The average Bonchev–Trinajstić information content (AvgIpc) is 2.74. The Kier molecular flexibility index (Phi) is 3.84. The van der Waals surface area contributed by atoms with Gasteiger partial charge in [-0.1, -0.05) is 36.4 Å². The molecule has 28 heavy (non-hydrogen) atoms. The van der Waals surface area contributed by atoms with Crippen molar-refractivity contribution in [2.24, 2.45) is 0 Å². The highest BCUT2D eigenvalue weighted by Gasteiger charge is 2.38. The van der Waals surface area contributed by atoms with Gasteiger partial charge in [0.25, 0.3) is 5.69 Å². The largest absolute Gasteiger partial charge is 0.403 e. The highest BCUT2D eigenvalue weighted by atomic mass is 16.5. The van der Waals surface area contributed by atoms with Crippen molar-refractivity contribution < 1.29 is 13.9 Å². The number of fused-ring (bicyclic) bond motifs is 2. The first-order valence-electron chi connectivity index (χ1n) is 8.87. The normalized spacial score (nSPS) is 16.1. The van der Waals surface area contributed by atoms with Crippen LogP contribution in [0.2, 0.25) is 0 Å². The molecule has 0 radical (unpaired) electrons. The number of nitrogens with zero attached hydrogens (tertiary/aromatic N) is 2. The van der Waals surface area contributed by atoms with E-state index < -0.39 is 11.9 Å². The van der Waals surface area contributed by atoms with Crippen LogP contribution in [0.1, 0.15) is 17.4 Å². The highest BCUT2D eigenvalue weighted by molar-refractivity contribution is 5.82. The monoisotopic (exact) mass is 371 g/mol. The fourth-order valence-corrected chi connectivity index (χ4v) is 3.39. The summed E-state index contributed by atoms with van der Waals surface area (Å²) in [4.78, 5) is 29.9. The van der Waals surface area contributed by atoms with Crippen LogP contribution in [-0.4, -0.2) is 9.74 Å². The van der Waals surface area contributed by atoms with Gasteiger partial charge >= 0.3 is 11.9 Å². The van der Waals surface area contributed by atoms with Crippen molar-refractivity contribution in [1.29, 1.82) is 0 Å². The zero-order valence-corrected chi connectivity index (χ0v) is 14.7. The second-order valence-electron chi connectivity index (χ2n) is 6.57. The molecule has 3 aromatic carbocycles. The molecule has 0 fully saturated rings. The van der Waals surface area contributed by atoms with Gasteiger partial charge in [0.05, 0.1) is 33.4 Å². The molecule has 0 bridgehead atoms. The molecule has 5 rings (SSSR count). The van der Waals surface area contributed by atoms with Gasteiger partial charge in [0.2, 0.25) is 5.89 Å². The van der Waals surface area contributed by atoms with E-state index in [4.69, 9.17) is 9.15 Å². The van der Waals surface area contributed by atoms with Crippen molar-refractivity contribution in [2.45, 2.75) is 12.8 Å². The molecule has 0 saturated heterocycles. The van der Waals surface area contributed by atoms with Gasteiger partial charge in [0.1, 0.15) is 0 Å². The second kappa shape index (κ2) is 6.51.